The summed E-state index contributed by atoms with van der Waals surface area (Å²) in [6.07, 6.45) is 43.5. The van der Waals surface area contributed by atoms with Gasteiger partial charge in [0.1, 0.15) is 12.7 Å². The fourth-order valence-corrected chi connectivity index (χ4v) is 7.40. The number of phosphoric ester groups is 1. The molecular weight excluding hydrogens is 743 g/mol. The van der Waals surface area contributed by atoms with Crippen LogP contribution in [-0.2, 0) is 32.7 Å². The highest BCUT2D eigenvalue weighted by Crippen LogP contribution is 2.43. The van der Waals surface area contributed by atoms with Gasteiger partial charge in [-0.1, -0.05) is 212 Å². The molecule has 336 valence electrons. The summed E-state index contributed by atoms with van der Waals surface area (Å²) in [5.41, 5.74) is 0. The van der Waals surface area contributed by atoms with Gasteiger partial charge in [0, 0.05) is 12.5 Å². The van der Waals surface area contributed by atoms with E-state index in [1.165, 1.54) is 167 Å². The highest BCUT2D eigenvalue weighted by Gasteiger charge is 2.26. The first-order valence-electron chi connectivity index (χ1n) is 23.3. The molecule has 10 nitrogen and oxygen atoms in total. The summed E-state index contributed by atoms with van der Waals surface area (Å²) in [6.45, 7) is 2.29. The molecule has 57 heavy (non-hydrogen) atoms. The molecular formula is C46H87O10P. The molecule has 11 heteroatoms. The van der Waals surface area contributed by atoms with Gasteiger partial charge in [-0.05, 0) is 19.3 Å². The van der Waals surface area contributed by atoms with Crippen LogP contribution in [0.5, 0.6) is 0 Å². The molecule has 3 N–H and O–H groups in total. The maximum Gasteiger partial charge on any atom is 0.472 e. The maximum atomic E-state index is 12.5. The van der Waals surface area contributed by atoms with Crippen molar-refractivity contribution in [3.05, 3.63) is 24.3 Å². The average Bonchev–Trinajstić information content (AvgIpc) is 3.20. The van der Waals surface area contributed by atoms with Crippen molar-refractivity contribution in [2.24, 2.45) is 0 Å². The number of carbonyl (C=O) groups is 2. The maximum absolute atomic E-state index is 12.5. The lowest BCUT2D eigenvalue weighted by Crippen LogP contribution is -2.29. The van der Waals surface area contributed by atoms with Gasteiger partial charge in [0.25, 0.3) is 0 Å². The summed E-state index contributed by atoms with van der Waals surface area (Å²) in [5.74, 6) is -1.17. The molecule has 0 spiro atoms. The first-order chi connectivity index (χ1) is 27.7. The molecule has 0 aliphatic heterocycles. The molecule has 0 aliphatic carbocycles. The number of hydrogen-bond donors (Lipinski definition) is 3. The fourth-order valence-electron chi connectivity index (χ4n) is 6.61. The molecule has 0 fully saturated rings. The Balaban J connectivity index is 4.28. The summed E-state index contributed by atoms with van der Waals surface area (Å²) < 4.78 is 32.6. The van der Waals surface area contributed by atoms with Crippen LogP contribution < -0.4 is 0 Å². The Morgan fingerprint density at radius 2 is 0.965 bits per heavy atom. The molecule has 0 saturated carbocycles. The summed E-state index contributed by atoms with van der Waals surface area (Å²) in [4.78, 5) is 34.9. The summed E-state index contributed by atoms with van der Waals surface area (Å²) in [5, 5.41) is 18.3. The van der Waals surface area contributed by atoms with Gasteiger partial charge in [-0.3, -0.25) is 13.8 Å². The van der Waals surface area contributed by atoms with Crippen molar-refractivity contribution >= 4 is 19.8 Å². The number of esters is 2. The van der Waals surface area contributed by atoms with E-state index in [1.807, 2.05) is 6.08 Å². The second kappa shape index (κ2) is 42.6. The van der Waals surface area contributed by atoms with Gasteiger partial charge in [0.15, 0.2) is 6.10 Å². The second-order valence-corrected chi connectivity index (χ2v) is 17.3. The zero-order valence-corrected chi connectivity index (χ0v) is 37.5. The number of phosphoric acid groups is 1. The molecule has 1 unspecified atom stereocenters. The van der Waals surface area contributed by atoms with Gasteiger partial charge in [-0.2, -0.15) is 0 Å². The molecule has 0 aliphatic rings. The lowest BCUT2D eigenvalue weighted by Gasteiger charge is -2.19. The Morgan fingerprint density at radius 1 is 0.561 bits per heavy atom. The van der Waals surface area contributed by atoms with Crippen LogP contribution in [0.2, 0.25) is 0 Å². The first-order valence-corrected chi connectivity index (χ1v) is 24.8. The van der Waals surface area contributed by atoms with E-state index in [0.29, 0.717) is 6.42 Å². The van der Waals surface area contributed by atoms with Gasteiger partial charge < -0.3 is 24.6 Å². The SMILES string of the molecule is CCCCCCCCCCCCC/C=C/C=C/C(=O)O[C@H](COC(=O)CCCCCCCCCCCCCCCCCCCCC)COP(=O)(O)OC[C@@H](O)CO. The molecule has 0 bridgehead atoms. The van der Waals surface area contributed by atoms with Crippen LogP contribution in [-0.4, -0.2) is 65.7 Å². The van der Waals surface area contributed by atoms with Crippen LogP contribution >= 0.6 is 7.82 Å². The fraction of sp³-hybridized carbons (Fsp3) is 0.870. The van der Waals surface area contributed by atoms with Gasteiger partial charge in [-0.15, -0.1) is 0 Å². The third-order valence-corrected chi connectivity index (χ3v) is 11.2. The van der Waals surface area contributed by atoms with Gasteiger partial charge in [0.2, 0.25) is 0 Å². The lowest BCUT2D eigenvalue weighted by atomic mass is 10.0. The van der Waals surface area contributed by atoms with Crippen molar-refractivity contribution in [3.63, 3.8) is 0 Å². The van der Waals surface area contributed by atoms with Crippen molar-refractivity contribution in [1.82, 2.24) is 0 Å². The minimum absolute atomic E-state index is 0.227. The van der Waals surface area contributed by atoms with E-state index >= 15 is 0 Å². The summed E-state index contributed by atoms with van der Waals surface area (Å²) >= 11 is 0. The van der Waals surface area contributed by atoms with Crippen LogP contribution in [0.3, 0.4) is 0 Å². The molecule has 0 aromatic rings. The number of hydrogen-bond acceptors (Lipinski definition) is 9. The topological polar surface area (TPSA) is 149 Å². The van der Waals surface area contributed by atoms with Gasteiger partial charge in [0.05, 0.1) is 19.8 Å². The van der Waals surface area contributed by atoms with Crippen molar-refractivity contribution < 1.29 is 47.8 Å². The molecule has 0 saturated heterocycles. The standard InChI is InChI=1S/C46H87O10P/c1-3-5-7-9-11-13-15-17-19-20-21-22-24-25-27-29-31-33-35-37-45(49)53-41-44(42-55-57(51,52)54-40-43(48)39-47)56-46(50)38-36-34-32-30-28-26-23-18-16-14-12-10-8-6-4-2/h32,34,36,38,43-44,47-48H,3-31,33,35,37,39-42H2,1-2H3,(H,51,52)/b34-32+,38-36+/t43-,44+/m0/s1. The number of aliphatic hydroxyl groups is 2. The minimum Gasteiger partial charge on any atom is -0.462 e. The van der Waals surface area contributed by atoms with E-state index in [1.54, 1.807) is 12.2 Å². The van der Waals surface area contributed by atoms with Crippen LogP contribution in [0, 0.1) is 0 Å². The monoisotopic (exact) mass is 831 g/mol. The predicted octanol–water partition coefficient (Wildman–Crippen LogP) is 12.6. The number of aliphatic hydroxyl groups excluding tert-OH is 2. The van der Waals surface area contributed by atoms with Crippen LogP contribution in [0.1, 0.15) is 219 Å². The van der Waals surface area contributed by atoms with Crippen LogP contribution in [0.25, 0.3) is 0 Å². The van der Waals surface area contributed by atoms with Gasteiger partial charge in [-0.25, -0.2) is 9.36 Å². The average molecular weight is 831 g/mol. The molecule has 3 atom stereocenters. The predicted molar refractivity (Wildman–Crippen MR) is 233 cm³/mol. The smallest absolute Gasteiger partial charge is 0.462 e. The molecule has 0 amide bonds. The van der Waals surface area contributed by atoms with Crippen LogP contribution in [0.4, 0.5) is 0 Å². The van der Waals surface area contributed by atoms with E-state index < -0.39 is 51.8 Å². The Morgan fingerprint density at radius 3 is 1.40 bits per heavy atom. The summed E-state index contributed by atoms with van der Waals surface area (Å²) in [6, 6.07) is 0. The number of ether oxygens (including phenoxy) is 2. The molecule has 0 rings (SSSR count). The highest BCUT2D eigenvalue weighted by atomic mass is 31.2. The quantitative estimate of drug-likeness (QED) is 0.0178. The number of carbonyl (C=O) groups excluding carboxylic acids is 2. The normalized spacial score (nSPS) is 14.0. The third-order valence-electron chi connectivity index (χ3n) is 10.2. The Kier molecular flexibility index (Phi) is 41.4. The van der Waals surface area contributed by atoms with E-state index in [2.05, 4.69) is 18.4 Å². The summed E-state index contributed by atoms with van der Waals surface area (Å²) in [7, 11) is -4.64. The molecule has 0 heterocycles. The largest absolute Gasteiger partial charge is 0.472 e. The highest BCUT2D eigenvalue weighted by molar-refractivity contribution is 7.47. The molecule has 0 aromatic carbocycles. The Hall–Kier alpha value is -1.55. The molecule has 0 radical (unpaired) electrons. The van der Waals surface area contributed by atoms with Gasteiger partial charge >= 0.3 is 19.8 Å². The van der Waals surface area contributed by atoms with Crippen molar-refractivity contribution in [2.45, 2.75) is 232 Å². The third kappa shape index (κ3) is 42.4. The lowest BCUT2D eigenvalue weighted by molar-refractivity contribution is -0.157. The molecule has 0 aromatic heterocycles. The van der Waals surface area contributed by atoms with E-state index in [9.17, 15) is 24.2 Å². The van der Waals surface area contributed by atoms with E-state index in [0.717, 1.165) is 32.1 Å². The zero-order valence-electron chi connectivity index (χ0n) is 36.6. The minimum atomic E-state index is -4.64. The van der Waals surface area contributed by atoms with Crippen molar-refractivity contribution in [3.8, 4) is 0 Å². The van der Waals surface area contributed by atoms with Crippen molar-refractivity contribution in [1.29, 1.82) is 0 Å². The van der Waals surface area contributed by atoms with E-state index in [4.69, 9.17) is 19.1 Å². The Bertz CT molecular complexity index is 1000. The van der Waals surface area contributed by atoms with Crippen LogP contribution in [0.15, 0.2) is 24.3 Å². The first kappa shape index (κ1) is 55.5. The zero-order chi connectivity index (χ0) is 41.9. The number of allylic oxidation sites excluding steroid dienone is 3. The number of unbranched alkanes of at least 4 members (excludes halogenated alkanes) is 29. The Labute approximate surface area is 348 Å². The number of rotatable bonds is 44. The second-order valence-electron chi connectivity index (χ2n) is 15.9. The van der Waals surface area contributed by atoms with Crippen molar-refractivity contribution in [2.75, 3.05) is 26.4 Å². The van der Waals surface area contributed by atoms with E-state index in [-0.39, 0.29) is 13.0 Å².